The van der Waals surface area contributed by atoms with Gasteiger partial charge in [-0.3, -0.25) is 0 Å². The average Bonchev–Trinajstić information content (AvgIpc) is 3.35. The Hall–Kier alpha value is -1.85. The maximum absolute atomic E-state index is 13.9. The zero-order valence-electron chi connectivity index (χ0n) is 13.1. The fraction of sp³-hybridized carbons (Fsp3) is 0.0500. The molecule has 1 aliphatic rings. The van der Waals surface area contributed by atoms with Gasteiger partial charge >= 0.3 is 6.18 Å². The van der Waals surface area contributed by atoms with Gasteiger partial charge in [-0.25, -0.2) is 0 Å². The maximum Gasteiger partial charge on any atom is 0.417 e. The third-order valence-corrected chi connectivity index (χ3v) is 5.48. The third-order valence-electron chi connectivity index (χ3n) is 3.85. The van der Waals surface area contributed by atoms with Crippen LogP contribution in [0.3, 0.4) is 0 Å². The van der Waals surface area contributed by atoms with Crippen LogP contribution in [0, 0.1) is 11.3 Å². The molecule has 0 spiro atoms. The van der Waals surface area contributed by atoms with Gasteiger partial charge in [0.05, 0.1) is 9.15 Å². The number of allylic oxidation sites excluding steroid dienone is 5. The van der Waals surface area contributed by atoms with Crippen LogP contribution in [0.25, 0.3) is 10.1 Å². The molecule has 130 valence electrons. The van der Waals surface area contributed by atoms with Crippen LogP contribution in [0.2, 0.25) is 0 Å². The molecular formula is C20H10BrF3IN. The van der Waals surface area contributed by atoms with Crippen molar-refractivity contribution in [2.24, 2.45) is 0 Å². The summed E-state index contributed by atoms with van der Waals surface area (Å²) in [5, 5.41) is 9.23. The summed E-state index contributed by atoms with van der Waals surface area (Å²) in [6.07, 6.45) is -4.54. The van der Waals surface area contributed by atoms with Gasteiger partial charge in [-0.2, -0.15) is 18.4 Å². The molecule has 0 heterocycles. The van der Waals surface area contributed by atoms with Crippen LogP contribution in [0.4, 0.5) is 13.2 Å². The van der Waals surface area contributed by atoms with Crippen molar-refractivity contribution in [2.75, 3.05) is 0 Å². The predicted molar refractivity (Wildman–Crippen MR) is 108 cm³/mol. The highest BCUT2D eigenvalue weighted by Crippen LogP contribution is 2.59. The molecule has 3 rings (SSSR count). The number of hydrogen-bond acceptors (Lipinski definition) is 1. The van der Waals surface area contributed by atoms with E-state index < -0.39 is 11.7 Å². The summed E-state index contributed by atoms with van der Waals surface area (Å²) in [6, 6.07) is 18.7. The van der Waals surface area contributed by atoms with Crippen LogP contribution in [-0.2, 0) is 0 Å². The summed E-state index contributed by atoms with van der Waals surface area (Å²) >= 11 is 5.21. The van der Waals surface area contributed by atoms with Crippen LogP contribution in [-0.4, -0.2) is 6.18 Å². The summed E-state index contributed by atoms with van der Waals surface area (Å²) < 4.78 is 42.4. The molecule has 1 nitrogen and oxygen atoms in total. The van der Waals surface area contributed by atoms with Gasteiger partial charge in [-0.05, 0) is 49.6 Å². The molecule has 1 aliphatic carbocycles. The number of hydrogen-bond donors (Lipinski definition) is 0. The van der Waals surface area contributed by atoms with Gasteiger partial charge in [0.25, 0.3) is 0 Å². The number of alkyl halides is 3. The van der Waals surface area contributed by atoms with Crippen molar-refractivity contribution in [1.82, 2.24) is 0 Å². The second-order valence-corrected chi connectivity index (χ2v) is 7.34. The van der Waals surface area contributed by atoms with Crippen LogP contribution < -0.4 is 0 Å². The van der Waals surface area contributed by atoms with E-state index in [4.69, 9.17) is 0 Å². The molecule has 2 aromatic carbocycles. The van der Waals surface area contributed by atoms with E-state index in [1.54, 1.807) is 52.9 Å². The van der Waals surface area contributed by atoms with Gasteiger partial charge in [-0.1, -0.05) is 60.7 Å². The molecule has 0 radical (unpaired) electrons. The van der Waals surface area contributed by atoms with Crippen molar-refractivity contribution in [1.29, 1.82) is 5.26 Å². The Labute approximate surface area is 170 Å². The minimum absolute atomic E-state index is 0.0744. The van der Waals surface area contributed by atoms with E-state index in [9.17, 15) is 18.4 Å². The molecule has 0 unspecified atom stereocenters. The number of halogens is 5. The highest BCUT2D eigenvalue weighted by atomic mass is 127. The van der Waals surface area contributed by atoms with E-state index >= 15 is 0 Å². The fourth-order valence-electron chi connectivity index (χ4n) is 2.72. The Morgan fingerprint density at radius 1 is 0.846 bits per heavy atom. The molecule has 0 aromatic heterocycles. The zero-order chi connectivity index (χ0) is 18.9. The first-order chi connectivity index (χ1) is 12.4. The van der Waals surface area contributed by atoms with Crippen LogP contribution in [0.1, 0.15) is 11.1 Å². The topological polar surface area (TPSA) is 23.8 Å². The Kier molecular flexibility index (Phi) is 5.39. The normalized spacial score (nSPS) is 19.5. The minimum Gasteiger partial charge on any atom is -0.192 e. The first-order valence-electron chi connectivity index (χ1n) is 7.49. The molecule has 1 saturated carbocycles. The van der Waals surface area contributed by atoms with Crippen molar-refractivity contribution in [3.05, 3.63) is 92.1 Å². The summed E-state index contributed by atoms with van der Waals surface area (Å²) in [5.74, 6) is 0. The SMILES string of the molecule is N#C/C(I)=C1\C(=C(Br)c2ccccc2)\C1=C(\c1ccccc1)C(F)(F)F. The Morgan fingerprint density at radius 3 is 1.81 bits per heavy atom. The molecule has 2 aromatic rings. The lowest BCUT2D eigenvalue weighted by Crippen LogP contribution is -2.11. The highest BCUT2D eigenvalue weighted by Gasteiger charge is 2.47. The first-order valence-corrected chi connectivity index (χ1v) is 9.36. The van der Waals surface area contributed by atoms with Crippen molar-refractivity contribution < 1.29 is 13.2 Å². The van der Waals surface area contributed by atoms with Crippen LogP contribution >= 0.6 is 38.5 Å². The summed E-state index contributed by atoms with van der Waals surface area (Å²) in [5.41, 5.74) is 0.967. The molecule has 0 amide bonds. The average molecular weight is 528 g/mol. The molecule has 0 saturated heterocycles. The van der Waals surface area contributed by atoms with E-state index in [0.717, 1.165) is 5.56 Å². The minimum atomic E-state index is -4.54. The van der Waals surface area contributed by atoms with Gasteiger partial charge in [-0.15, -0.1) is 0 Å². The van der Waals surface area contributed by atoms with Crippen molar-refractivity contribution in [2.45, 2.75) is 6.18 Å². The van der Waals surface area contributed by atoms with E-state index in [-0.39, 0.29) is 14.7 Å². The van der Waals surface area contributed by atoms with Gasteiger partial charge in [0, 0.05) is 21.2 Å². The van der Waals surface area contributed by atoms with Crippen molar-refractivity contribution in [3.8, 4) is 6.07 Å². The zero-order valence-corrected chi connectivity index (χ0v) is 16.9. The van der Waals surface area contributed by atoms with Gasteiger partial charge in [0.2, 0.25) is 0 Å². The molecule has 6 heteroatoms. The molecule has 0 bridgehead atoms. The van der Waals surface area contributed by atoms with Crippen molar-refractivity contribution >= 4 is 48.6 Å². The lowest BCUT2D eigenvalue weighted by atomic mass is 10.0. The van der Waals surface area contributed by atoms with E-state index in [0.29, 0.717) is 15.6 Å². The number of nitrogens with zero attached hydrogens (tertiary/aromatic N) is 1. The lowest BCUT2D eigenvalue weighted by molar-refractivity contribution is -0.0690. The lowest BCUT2D eigenvalue weighted by Gasteiger charge is -2.11. The molecule has 0 aliphatic heterocycles. The molecule has 26 heavy (non-hydrogen) atoms. The van der Waals surface area contributed by atoms with E-state index in [1.807, 2.05) is 24.3 Å². The quantitative estimate of drug-likeness (QED) is 0.303. The molecular weight excluding hydrogens is 518 g/mol. The van der Waals surface area contributed by atoms with E-state index in [1.165, 1.54) is 12.1 Å². The van der Waals surface area contributed by atoms with Crippen LogP contribution in [0.15, 0.2) is 81.0 Å². The summed E-state index contributed by atoms with van der Waals surface area (Å²) in [6.45, 7) is 0. The van der Waals surface area contributed by atoms with Crippen molar-refractivity contribution in [3.63, 3.8) is 0 Å². The molecule has 0 N–H and O–H groups in total. The Balaban J connectivity index is 2.33. The monoisotopic (exact) mass is 527 g/mol. The van der Waals surface area contributed by atoms with Gasteiger partial charge in [0.15, 0.2) is 0 Å². The summed E-state index contributed by atoms with van der Waals surface area (Å²) in [7, 11) is 0. The second-order valence-electron chi connectivity index (χ2n) is 5.47. The smallest absolute Gasteiger partial charge is 0.192 e. The standard InChI is InChI=1S/C20H10BrF3IN/c21-19(13-9-5-2-6-10-13)17-15(14(25)11-26)16(17)18(20(22,23)24)12-7-3-1-4-8-12/h1-10H/b15-14+,18-16-,19-17?. The molecule has 1 fully saturated rings. The first kappa shape index (κ1) is 18.9. The van der Waals surface area contributed by atoms with Crippen LogP contribution in [0.5, 0.6) is 0 Å². The van der Waals surface area contributed by atoms with Gasteiger partial charge in [0.1, 0.15) is 6.07 Å². The third kappa shape index (κ3) is 3.64. The van der Waals surface area contributed by atoms with Gasteiger partial charge < -0.3 is 0 Å². The van der Waals surface area contributed by atoms with E-state index in [2.05, 4.69) is 15.9 Å². The fourth-order valence-corrected chi connectivity index (χ4v) is 3.92. The Bertz CT molecular complexity index is 981. The number of benzene rings is 2. The molecule has 0 atom stereocenters. The summed E-state index contributed by atoms with van der Waals surface area (Å²) in [4.78, 5) is 0. The largest absolute Gasteiger partial charge is 0.417 e. The Morgan fingerprint density at radius 2 is 1.35 bits per heavy atom. The highest BCUT2D eigenvalue weighted by molar-refractivity contribution is 14.1. The predicted octanol–water partition coefficient (Wildman–Crippen LogP) is 7.03. The maximum atomic E-state index is 13.9. The second kappa shape index (κ2) is 7.41. The number of rotatable bonds is 2. The number of nitriles is 1.